The summed E-state index contributed by atoms with van der Waals surface area (Å²) in [6.45, 7) is 10.6. The van der Waals surface area contributed by atoms with E-state index in [-0.39, 0.29) is 28.6 Å². The van der Waals surface area contributed by atoms with Crippen molar-refractivity contribution in [1.29, 1.82) is 0 Å². The van der Waals surface area contributed by atoms with Gasteiger partial charge in [-0.25, -0.2) is 14.6 Å². The lowest BCUT2D eigenvalue weighted by atomic mass is 9.95. The number of alkyl halides is 3. The highest BCUT2D eigenvalue weighted by Crippen LogP contribution is 2.28. The molecule has 1 aliphatic rings. The Morgan fingerprint density at radius 1 is 1.15 bits per heavy atom. The zero-order valence-corrected chi connectivity index (χ0v) is 29.0. The van der Waals surface area contributed by atoms with E-state index in [1.807, 2.05) is 31.3 Å². The number of amides is 1. The molecule has 1 fully saturated rings. The van der Waals surface area contributed by atoms with E-state index in [0.29, 0.717) is 30.6 Å². The highest BCUT2D eigenvalue weighted by molar-refractivity contribution is 8.13. The molecule has 0 aromatic carbocycles. The number of pyridine rings is 2. The zero-order chi connectivity index (χ0) is 34.0. The van der Waals surface area contributed by atoms with Gasteiger partial charge in [0.25, 0.3) is 5.91 Å². The molecule has 3 aromatic heterocycles. The fourth-order valence-corrected chi connectivity index (χ4v) is 6.87. The van der Waals surface area contributed by atoms with Crippen LogP contribution in [0, 0.1) is 12.8 Å². The summed E-state index contributed by atoms with van der Waals surface area (Å²) in [6, 6.07) is 8.88. The van der Waals surface area contributed by atoms with Gasteiger partial charge in [-0.1, -0.05) is 36.9 Å². The maximum atomic E-state index is 13.3. The van der Waals surface area contributed by atoms with Gasteiger partial charge in [-0.05, 0) is 106 Å². The minimum absolute atomic E-state index is 0.0342. The van der Waals surface area contributed by atoms with Crippen molar-refractivity contribution in [2.45, 2.75) is 95.8 Å². The van der Waals surface area contributed by atoms with Gasteiger partial charge in [0, 0.05) is 30.8 Å². The monoisotopic (exact) mass is 695 g/mol. The maximum Gasteiger partial charge on any atom is 0.389 e. The molecule has 14 heteroatoms. The lowest BCUT2D eigenvalue weighted by Gasteiger charge is -2.17. The van der Waals surface area contributed by atoms with E-state index in [1.54, 1.807) is 24.4 Å². The Morgan fingerprint density at radius 3 is 2.62 bits per heavy atom. The van der Waals surface area contributed by atoms with Crippen molar-refractivity contribution in [1.82, 2.24) is 29.8 Å². The van der Waals surface area contributed by atoms with Gasteiger partial charge in [-0.15, -0.1) is 5.10 Å². The second kappa shape index (κ2) is 16.8. The summed E-state index contributed by atoms with van der Waals surface area (Å²) in [5.74, 6) is 1.88. The van der Waals surface area contributed by atoms with E-state index in [9.17, 15) is 18.0 Å². The molecule has 4 rings (SSSR count). The molecule has 0 radical (unpaired) electrons. The van der Waals surface area contributed by atoms with Crippen molar-refractivity contribution in [3.8, 4) is 11.7 Å². The van der Waals surface area contributed by atoms with Gasteiger partial charge in [-0.3, -0.25) is 9.52 Å². The Labute approximate surface area is 282 Å². The Hall–Kier alpha value is -3.16. The van der Waals surface area contributed by atoms with E-state index in [1.165, 1.54) is 4.68 Å². The Morgan fingerprint density at radius 2 is 1.91 bits per heavy atom. The molecule has 0 spiro atoms. The Balaban J connectivity index is 1.27. The number of nitrogens with one attached hydrogen (secondary N) is 3. The molecule has 4 heterocycles. The topological polar surface area (TPSA) is 106 Å². The highest BCUT2D eigenvalue weighted by Gasteiger charge is 2.29. The quantitative estimate of drug-likeness (QED) is 0.0795. The first kappa shape index (κ1) is 36.7. The number of carbonyl (C=O) groups is 1. The van der Waals surface area contributed by atoms with Crippen LogP contribution in [0.25, 0.3) is 5.82 Å². The largest absolute Gasteiger partial charge is 0.477 e. The SMILES string of the molecule is C/C=S(/NC(=O)c1ccc(-n2ccc(OCCCCCCCC(F)(F)F)n2)nc1Cl)c1ccc(C)c(NCCC2CNC(C)(C)C2)n1. The van der Waals surface area contributed by atoms with Crippen LogP contribution in [0.15, 0.2) is 41.6 Å². The third kappa shape index (κ3) is 11.5. The number of aromatic nitrogens is 4. The molecule has 0 aliphatic carbocycles. The zero-order valence-electron chi connectivity index (χ0n) is 27.4. The molecule has 2 atom stereocenters. The summed E-state index contributed by atoms with van der Waals surface area (Å²) in [5.41, 5.74) is 1.46. The lowest BCUT2D eigenvalue weighted by molar-refractivity contribution is -0.135. The molecule has 0 saturated carbocycles. The molecule has 9 nitrogen and oxygen atoms in total. The van der Waals surface area contributed by atoms with Crippen LogP contribution in [-0.2, 0) is 0 Å². The second-order valence-corrected chi connectivity index (χ2v) is 14.6. The summed E-state index contributed by atoms with van der Waals surface area (Å²) < 4.78 is 46.9. The van der Waals surface area contributed by atoms with Gasteiger partial charge in [0.2, 0.25) is 5.88 Å². The number of hydrogen-bond acceptors (Lipinski definition) is 7. The van der Waals surface area contributed by atoms with Gasteiger partial charge in [-0.2, -0.15) is 13.2 Å². The molecule has 3 aromatic rings. The number of nitrogens with zero attached hydrogens (tertiary/aromatic N) is 4. The van der Waals surface area contributed by atoms with E-state index in [2.05, 4.69) is 39.3 Å². The summed E-state index contributed by atoms with van der Waals surface area (Å²) >= 11 is 6.46. The van der Waals surface area contributed by atoms with E-state index >= 15 is 0 Å². The van der Waals surface area contributed by atoms with Gasteiger partial charge in [0.05, 0.1) is 12.2 Å². The third-order valence-electron chi connectivity index (χ3n) is 7.98. The molecule has 3 N–H and O–H groups in total. The molecule has 1 aliphatic heterocycles. The van der Waals surface area contributed by atoms with E-state index < -0.39 is 23.3 Å². The molecular weight excluding hydrogens is 651 g/mol. The van der Waals surface area contributed by atoms with Crippen molar-refractivity contribution >= 4 is 39.4 Å². The summed E-state index contributed by atoms with van der Waals surface area (Å²) in [5, 5.41) is 14.1. The minimum Gasteiger partial charge on any atom is -0.477 e. The summed E-state index contributed by atoms with van der Waals surface area (Å²) in [4.78, 5) is 22.5. The van der Waals surface area contributed by atoms with Gasteiger partial charge in [0.1, 0.15) is 16.0 Å². The number of unbranched alkanes of at least 4 members (excludes halogenated alkanes) is 4. The Bertz CT molecular complexity index is 1530. The number of rotatable bonds is 16. The number of halogens is 4. The molecule has 0 bridgehead atoms. The number of hydrogen-bond donors (Lipinski definition) is 3. The van der Waals surface area contributed by atoms with Crippen LogP contribution in [-0.4, -0.2) is 62.4 Å². The fourth-order valence-electron chi connectivity index (χ4n) is 5.45. The van der Waals surface area contributed by atoms with Crippen molar-refractivity contribution in [2.75, 3.05) is 25.0 Å². The van der Waals surface area contributed by atoms with Crippen LogP contribution in [0.2, 0.25) is 5.15 Å². The second-order valence-electron chi connectivity index (χ2n) is 12.5. The smallest absolute Gasteiger partial charge is 0.389 e. The maximum absolute atomic E-state index is 13.3. The summed E-state index contributed by atoms with van der Waals surface area (Å²) in [6.07, 6.45) is 2.00. The average Bonchev–Trinajstić information content (AvgIpc) is 3.63. The molecule has 47 heavy (non-hydrogen) atoms. The predicted octanol–water partition coefficient (Wildman–Crippen LogP) is 7.89. The average molecular weight is 696 g/mol. The normalized spacial score (nSPS) is 16.7. The molecule has 1 amide bonds. The van der Waals surface area contributed by atoms with Crippen LogP contribution in [0.3, 0.4) is 0 Å². The third-order valence-corrected chi connectivity index (χ3v) is 9.82. The molecule has 1 saturated heterocycles. The van der Waals surface area contributed by atoms with Gasteiger partial charge < -0.3 is 15.4 Å². The van der Waals surface area contributed by atoms with Crippen molar-refractivity contribution in [3.05, 3.63) is 52.8 Å². The van der Waals surface area contributed by atoms with E-state index in [0.717, 1.165) is 61.6 Å². The van der Waals surface area contributed by atoms with Crippen molar-refractivity contribution in [3.63, 3.8) is 0 Å². The first-order valence-corrected chi connectivity index (χ1v) is 17.7. The van der Waals surface area contributed by atoms with Crippen LogP contribution >= 0.6 is 22.3 Å². The molecular formula is C33H45ClF3N7O2S. The summed E-state index contributed by atoms with van der Waals surface area (Å²) in [7, 11) is -0.770. The lowest BCUT2D eigenvalue weighted by Crippen LogP contribution is -2.31. The van der Waals surface area contributed by atoms with Crippen LogP contribution in [0.1, 0.15) is 88.1 Å². The first-order valence-electron chi connectivity index (χ1n) is 16.1. The van der Waals surface area contributed by atoms with Crippen LogP contribution < -0.4 is 20.1 Å². The standard InChI is InChI=1S/C33H45ClF3N7O2S/c1-5-47(28-14-11-23(2)30(41-28)38-18-15-24-21-32(3,4)39-22-24)43-31(45)25-12-13-26(40-29(25)34)44-19-16-27(42-44)46-20-10-8-6-7-9-17-33(35,36)37/h5,11-14,16,19,24,39H,6-10,15,17-18,20-22H2,1-4H3,(H,38,41)(H,43,45). The van der Waals surface area contributed by atoms with Crippen LogP contribution in [0.5, 0.6) is 5.88 Å². The number of aryl methyl sites for hydroxylation is 1. The van der Waals surface area contributed by atoms with Gasteiger partial charge >= 0.3 is 6.18 Å². The number of ether oxygens (including phenoxy) is 1. The molecule has 2 unspecified atom stereocenters. The van der Waals surface area contributed by atoms with Crippen molar-refractivity contribution < 1.29 is 22.7 Å². The fraction of sp³-hybridized carbons (Fsp3) is 0.545. The number of carbonyl (C=O) groups excluding carboxylic acids is 1. The minimum atomic E-state index is -4.09. The predicted molar refractivity (Wildman–Crippen MR) is 183 cm³/mol. The van der Waals surface area contributed by atoms with Crippen LogP contribution in [0.4, 0.5) is 19.0 Å². The molecule has 258 valence electrons. The van der Waals surface area contributed by atoms with Crippen molar-refractivity contribution in [2.24, 2.45) is 5.92 Å². The van der Waals surface area contributed by atoms with E-state index in [4.69, 9.17) is 21.3 Å². The van der Waals surface area contributed by atoms with Gasteiger partial charge in [0.15, 0.2) is 5.82 Å². The number of anilines is 1. The highest BCUT2D eigenvalue weighted by atomic mass is 35.5. The Kier molecular flexibility index (Phi) is 13.1. The first-order chi connectivity index (χ1) is 22.3.